The van der Waals surface area contributed by atoms with E-state index in [0.717, 1.165) is 55.8 Å². The van der Waals surface area contributed by atoms with Gasteiger partial charge in [-0.2, -0.15) is 11.8 Å². The van der Waals surface area contributed by atoms with Crippen LogP contribution in [0.5, 0.6) is 5.75 Å². The van der Waals surface area contributed by atoms with Crippen LogP contribution in [0, 0.1) is 0 Å². The number of fused-ring (bicyclic) bond motifs is 2. The van der Waals surface area contributed by atoms with Gasteiger partial charge in [0.15, 0.2) is 5.60 Å². The Kier molecular flexibility index (Phi) is 8.31. The van der Waals surface area contributed by atoms with Crippen LogP contribution in [0.15, 0.2) is 36.5 Å². The van der Waals surface area contributed by atoms with Gasteiger partial charge in [0, 0.05) is 35.4 Å². The third-order valence-electron chi connectivity index (χ3n) is 7.71. The topological polar surface area (TPSA) is 83.6 Å². The van der Waals surface area contributed by atoms with Crippen LogP contribution in [0.1, 0.15) is 62.7 Å². The highest BCUT2D eigenvalue weighted by Crippen LogP contribution is 2.39. The number of rotatable bonds is 7. The van der Waals surface area contributed by atoms with Crippen LogP contribution in [0.4, 0.5) is 5.82 Å². The smallest absolute Gasteiger partial charge is 0.263 e. The maximum absolute atomic E-state index is 13.2. The van der Waals surface area contributed by atoms with Crippen LogP contribution in [-0.2, 0) is 4.79 Å². The van der Waals surface area contributed by atoms with Gasteiger partial charge < -0.3 is 20.3 Å². The molecule has 0 radical (unpaired) electrons. The number of benzene rings is 1. The quantitative estimate of drug-likeness (QED) is 0.453. The molecule has 0 aliphatic carbocycles. The van der Waals surface area contributed by atoms with E-state index in [2.05, 4.69) is 20.5 Å². The molecule has 10 heteroatoms. The van der Waals surface area contributed by atoms with E-state index in [1.807, 2.05) is 23.9 Å². The average molecular weight is 578 g/mol. The Morgan fingerprint density at radius 3 is 2.34 bits per heavy atom. The number of hydrogen-bond donors (Lipinski definition) is 2. The van der Waals surface area contributed by atoms with Crippen molar-refractivity contribution >= 4 is 52.6 Å². The Hall–Kier alpha value is -2.16. The molecule has 3 aliphatic rings. The van der Waals surface area contributed by atoms with Gasteiger partial charge in [-0.3, -0.25) is 9.59 Å². The summed E-state index contributed by atoms with van der Waals surface area (Å²) in [5.41, 5.74) is -0.494. The summed E-state index contributed by atoms with van der Waals surface area (Å²) in [6.45, 7) is 3.48. The lowest BCUT2D eigenvalue weighted by atomic mass is 9.96. The van der Waals surface area contributed by atoms with E-state index in [-0.39, 0.29) is 23.9 Å². The molecule has 2 amide bonds. The van der Waals surface area contributed by atoms with Crippen LogP contribution in [0.3, 0.4) is 0 Å². The number of hydrogen-bond acceptors (Lipinski definition) is 6. The maximum atomic E-state index is 13.2. The summed E-state index contributed by atoms with van der Waals surface area (Å²) in [5, 5.41) is 7.24. The molecule has 0 spiro atoms. The predicted molar refractivity (Wildman–Crippen MR) is 154 cm³/mol. The molecule has 4 heterocycles. The van der Waals surface area contributed by atoms with Crippen molar-refractivity contribution in [3.05, 3.63) is 52.1 Å². The first kappa shape index (κ1) is 27.4. The number of anilines is 1. The first-order chi connectivity index (χ1) is 18.2. The minimum absolute atomic E-state index is 0.0462. The third-order valence-corrected chi connectivity index (χ3v) is 9.28. The highest BCUT2D eigenvalue weighted by atomic mass is 35.5. The molecule has 3 saturated heterocycles. The van der Waals surface area contributed by atoms with Crippen molar-refractivity contribution in [2.75, 3.05) is 16.4 Å². The average Bonchev–Trinajstić information content (AvgIpc) is 3.16. The summed E-state index contributed by atoms with van der Waals surface area (Å²) in [6.07, 6.45) is 7.52. The first-order valence-corrected chi connectivity index (χ1v) is 15.2. The zero-order valence-electron chi connectivity index (χ0n) is 21.7. The molecule has 0 unspecified atom stereocenters. The summed E-state index contributed by atoms with van der Waals surface area (Å²) in [7, 11) is 0. The van der Waals surface area contributed by atoms with Gasteiger partial charge in [0.25, 0.3) is 11.8 Å². The molecule has 38 heavy (non-hydrogen) atoms. The van der Waals surface area contributed by atoms with Crippen molar-refractivity contribution in [1.29, 1.82) is 0 Å². The Balaban J connectivity index is 1.17. The van der Waals surface area contributed by atoms with Gasteiger partial charge in [-0.1, -0.05) is 23.2 Å². The minimum Gasteiger partial charge on any atom is -0.476 e. The summed E-state index contributed by atoms with van der Waals surface area (Å²) >= 11 is 14.2. The Morgan fingerprint density at radius 2 is 1.71 bits per heavy atom. The molecule has 1 aromatic carbocycles. The van der Waals surface area contributed by atoms with Gasteiger partial charge in [-0.05, 0) is 94.2 Å². The molecule has 0 saturated carbocycles. The van der Waals surface area contributed by atoms with Crippen LogP contribution >= 0.6 is 35.0 Å². The van der Waals surface area contributed by atoms with Gasteiger partial charge >= 0.3 is 0 Å². The zero-order valence-corrected chi connectivity index (χ0v) is 24.0. The van der Waals surface area contributed by atoms with E-state index in [9.17, 15) is 9.59 Å². The number of nitrogens with one attached hydrogen (secondary N) is 2. The molecule has 5 rings (SSSR count). The van der Waals surface area contributed by atoms with E-state index >= 15 is 0 Å². The SMILES string of the molecule is CC(C)(Oc1ccc(Cl)cc1Cl)C(=O)N[C@H]1C[C@H]2CC[C@@H](C1)N2c1ccc(C(=O)NC2CCSCC2)cn1. The monoisotopic (exact) mass is 576 g/mol. The summed E-state index contributed by atoms with van der Waals surface area (Å²) in [4.78, 5) is 32.9. The molecule has 204 valence electrons. The standard InChI is InChI=1S/C28H34Cl2N4O3S/c1-28(2,37-24-7-4-18(29)13-23(24)30)27(36)33-20-14-21-5-6-22(15-20)34(21)25-8-3-17(16-31-25)26(35)32-19-9-11-38-12-10-19/h3-4,7-8,13,16,19-22H,5-6,9-12,14-15H2,1-2H3,(H,32,35)(H,33,36)/t20-,21+,22-. The molecule has 2 N–H and O–H groups in total. The van der Waals surface area contributed by atoms with Gasteiger partial charge in [0.2, 0.25) is 0 Å². The molecular formula is C28H34Cl2N4O3S. The van der Waals surface area contributed by atoms with Crippen LogP contribution in [0.25, 0.3) is 0 Å². The molecule has 2 bridgehead atoms. The first-order valence-electron chi connectivity index (χ1n) is 13.3. The number of carbonyl (C=O) groups excluding carboxylic acids is 2. The van der Waals surface area contributed by atoms with Gasteiger partial charge in [0.1, 0.15) is 11.6 Å². The highest BCUT2D eigenvalue weighted by Gasteiger charge is 2.43. The number of pyridine rings is 1. The fourth-order valence-electron chi connectivity index (χ4n) is 5.69. The van der Waals surface area contributed by atoms with Crippen LogP contribution in [0.2, 0.25) is 10.0 Å². The Labute approximate surface area is 238 Å². The fraction of sp³-hybridized carbons (Fsp3) is 0.536. The van der Waals surface area contributed by atoms with Crippen molar-refractivity contribution in [3.8, 4) is 5.75 Å². The van der Waals surface area contributed by atoms with Crippen LogP contribution in [-0.4, -0.2) is 58.1 Å². The van der Waals surface area contributed by atoms with Crippen molar-refractivity contribution in [2.45, 2.75) is 82.1 Å². The molecule has 1 aromatic heterocycles. The minimum atomic E-state index is -1.10. The second kappa shape index (κ2) is 11.5. The van der Waals surface area contributed by atoms with E-state index in [1.165, 1.54) is 0 Å². The van der Waals surface area contributed by atoms with Crippen molar-refractivity contribution < 1.29 is 14.3 Å². The number of ether oxygens (including phenoxy) is 1. The van der Waals surface area contributed by atoms with Crippen molar-refractivity contribution in [2.24, 2.45) is 0 Å². The van der Waals surface area contributed by atoms with Crippen molar-refractivity contribution in [3.63, 3.8) is 0 Å². The number of aromatic nitrogens is 1. The number of halogens is 2. The molecule has 3 atom stereocenters. The Morgan fingerprint density at radius 1 is 1.00 bits per heavy atom. The fourth-order valence-corrected chi connectivity index (χ4v) is 7.24. The molecule has 2 aromatic rings. The molecule has 3 fully saturated rings. The number of amides is 2. The normalized spacial score (nSPS) is 23.7. The predicted octanol–water partition coefficient (Wildman–Crippen LogP) is 5.49. The maximum Gasteiger partial charge on any atom is 0.263 e. The van der Waals surface area contributed by atoms with Crippen molar-refractivity contribution in [1.82, 2.24) is 15.6 Å². The molecule has 3 aliphatic heterocycles. The molecular weight excluding hydrogens is 543 g/mol. The van der Waals surface area contributed by atoms with E-state index in [1.54, 1.807) is 38.2 Å². The van der Waals surface area contributed by atoms with Crippen LogP contribution < -0.4 is 20.3 Å². The van der Waals surface area contributed by atoms with E-state index < -0.39 is 5.60 Å². The highest BCUT2D eigenvalue weighted by molar-refractivity contribution is 7.99. The van der Waals surface area contributed by atoms with E-state index in [0.29, 0.717) is 33.4 Å². The lowest BCUT2D eigenvalue weighted by Gasteiger charge is -2.40. The summed E-state index contributed by atoms with van der Waals surface area (Å²) in [6, 6.07) is 9.70. The lowest BCUT2D eigenvalue weighted by molar-refractivity contribution is -0.135. The second-order valence-electron chi connectivity index (χ2n) is 10.9. The Bertz CT molecular complexity index is 1160. The largest absolute Gasteiger partial charge is 0.476 e. The summed E-state index contributed by atoms with van der Waals surface area (Å²) in [5.74, 6) is 3.30. The zero-order chi connectivity index (χ0) is 26.9. The lowest BCUT2D eigenvalue weighted by Crippen LogP contribution is -2.55. The number of carbonyl (C=O) groups is 2. The number of piperidine rings is 1. The third kappa shape index (κ3) is 6.18. The van der Waals surface area contributed by atoms with E-state index in [4.69, 9.17) is 27.9 Å². The van der Waals surface area contributed by atoms with Gasteiger partial charge in [0.05, 0.1) is 10.6 Å². The number of thioether (sulfide) groups is 1. The molecule has 7 nitrogen and oxygen atoms in total. The second-order valence-corrected chi connectivity index (χ2v) is 13.0. The van der Waals surface area contributed by atoms with Gasteiger partial charge in [-0.15, -0.1) is 0 Å². The summed E-state index contributed by atoms with van der Waals surface area (Å²) < 4.78 is 5.97. The number of nitrogens with zero attached hydrogens (tertiary/aromatic N) is 2. The van der Waals surface area contributed by atoms with Gasteiger partial charge in [-0.25, -0.2) is 4.98 Å².